The summed E-state index contributed by atoms with van der Waals surface area (Å²) in [4.78, 5) is 0. The number of halogens is 1. The highest BCUT2D eigenvalue weighted by Gasteiger charge is 2.19. The lowest BCUT2D eigenvalue weighted by Gasteiger charge is -2.17. The third-order valence-corrected chi connectivity index (χ3v) is 4.27. The topological polar surface area (TPSA) is 29.5 Å². The van der Waals surface area contributed by atoms with Gasteiger partial charge in [0.2, 0.25) is 0 Å². The summed E-state index contributed by atoms with van der Waals surface area (Å²) in [7, 11) is 1.68. The fourth-order valence-corrected chi connectivity index (χ4v) is 3.28. The Morgan fingerprint density at radius 1 is 1.39 bits per heavy atom. The molecule has 2 rings (SSSR count). The molecule has 1 aliphatic rings. The molecule has 1 aromatic rings. The van der Waals surface area contributed by atoms with E-state index in [1.165, 1.54) is 25.7 Å². The normalized spacial score (nSPS) is 17.9. The van der Waals surface area contributed by atoms with Crippen molar-refractivity contribution in [1.82, 2.24) is 0 Å². The fraction of sp³-hybridized carbons (Fsp3) is 0.600. The second-order valence-corrected chi connectivity index (χ2v) is 6.12. The van der Waals surface area contributed by atoms with Crippen molar-refractivity contribution in [2.45, 2.75) is 44.6 Å². The minimum Gasteiger partial charge on any atom is -0.496 e. The van der Waals surface area contributed by atoms with Gasteiger partial charge in [0.1, 0.15) is 5.75 Å². The molecule has 18 heavy (non-hydrogen) atoms. The minimum atomic E-state index is -0.253. The van der Waals surface area contributed by atoms with E-state index in [4.69, 9.17) is 4.74 Å². The van der Waals surface area contributed by atoms with Gasteiger partial charge >= 0.3 is 0 Å². The molecule has 1 saturated carbocycles. The van der Waals surface area contributed by atoms with E-state index in [2.05, 4.69) is 15.9 Å². The average Bonchev–Trinajstić information content (AvgIpc) is 2.82. The maximum atomic E-state index is 10.2. The van der Waals surface area contributed by atoms with Crippen molar-refractivity contribution in [1.29, 1.82) is 0 Å². The lowest BCUT2D eigenvalue weighted by atomic mass is 9.95. The molecule has 100 valence electrons. The molecule has 1 aliphatic carbocycles. The molecule has 1 unspecified atom stereocenters. The van der Waals surface area contributed by atoms with Crippen LogP contribution >= 0.6 is 15.9 Å². The van der Waals surface area contributed by atoms with Crippen molar-refractivity contribution in [2.24, 2.45) is 5.92 Å². The van der Waals surface area contributed by atoms with Gasteiger partial charge in [-0.3, -0.25) is 0 Å². The van der Waals surface area contributed by atoms with E-state index in [-0.39, 0.29) is 6.10 Å². The third-order valence-electron chi connectivity index (χ3n) is 3.78. The molecule has 0 radical (unpaired) electrons. The van der Waals surface area contributed by atoms with Gasteiger partial charge in [-0.25, -0.2) is 0 Å². The third kappa shape index (κ3) is 3.72. The molecule has 0 bridgehead atoms. The average molecular weight is 313 g/mol. The minimum absolute atomic E-state index is 0.253. The Morgan fingerprint density at radius 3 is 2.78 bits per heavy atom. The largest absolute Gasteiger partial charge is 0.496 e. The smallest absolute Gasteiger partial charge is 0.122 e. The summed E-state index contributed by atoms with van der Waals surface area (Å²) in [6.07, 6.45) is 6.58. The van der Waals surface area contributed by atoms with E-state index in [0.717, 1.165) is 28.1 Å². The van der Waals surface area contributed by atoms with Gasteiger partial charge in [-0.05, 0) is 36.1 Å². The number of aliphatic hydroxyl groups excluding tert-OH is 1. The number of aliphatic hydroxyl groups is 1. The molecule has 3 heteroatoms. The van der Waals surface area contributed by atoms with Crippen LogP contribution in [0.4, 0.5) is 0 Å². The van der Waals surface area contributed by atoms with Crippen LogP contribution in [0.1, 0.15) is 37.7 Å². The van der Waals surface area contributed by atoms with Crippen molar-refractivity contribution in [3.8, 4) is 5.75 Å². The van der Waals surface area contributed by atoms with Gasteiger partial charge in [0, 0.05) is 10.9 Å². The first-order chi connectivity index (χ1) is 8.69. The van der Waals surface area contributed by atoms with Gasteiger partial charge in [-0.1, -0.05) is 41.6 Å². The molecular formula is C15H21BrO2. The summed E-state index contributed by atoms with van der Waals surface area (Å²) < 4.78 is 6.37. The number of hydrogen-bond acceptors (Lipinski definition) is 2. The molecule has 0 aliphatic heterocycles. The summed E-state index contributed by atoms with van der Waals surface area (Å²) in [5.41, 5.74) is 1.08. The van der Waals surface area contributed by atoms with E-state index in [0.29, 0.717) is 6.42 Å². The van der Waals surface area contributed by atoms with E-state index in [9.17, 15) is 5.11 Å². The Labute approximate surface area is 117 Å². The second kappa shape index (κ2) is 6.58. The molecule has 2 nitrogen and oxygen atoms in total. The predicted molar refractivity (Wildman–Crippen MR) is 77.0 cm³/mol. The van der Waals surface area contributed by atoms with Gasteiger partial charge in [-0.15, -0.1) is 0 Å². The highest BCUT2D eigenvalue weighted by Crippen LogP contribution is 2.30. The van der Waals surface area contributed by atoms with Crippen molar-refractivity contribution < 1.29 is 9.84 Å². The quantitative estimate of drug-likeness (QED) is 0.892. The summed E-state index contributed by atoms with van der Waals surface area (Å²) in [5, 5.41) is 10.2. The Morgan fingerprint density at radius 2 is 2.11 bits per heavy atom. The number of rotatable bonds is 5. The highest BCUT2D eigenvalue weighted by molar-refractivity contribution is 9.10. The lowest BCUT2D eigenvalue weighted by molar-refractivity contribution is 0.142. The van der Waals surface area contributed by atoms with Crippen LogP contribution in [0.2, 0.25) is 0 Å². The fourth-order valence-electron chi connectivity index (χ4n) is 2.87. The van der Waals surface area contributed by atoms with Crippen LogP contribution in [0.25, 0.3) is 0 Å². The molecule has 1 atom stereocenters. The molecule has 1 N–H and O–H groups in total. The number of benzene rings is 1. The monoisotopic (exact) mass is 312 g/mol. The second-order valence-electron chi connectivity index (χ2n) is 5.20. The van der Waals surface area contributed by atoms with Crippen molar-refractivity contribution >= 4 is 15.9 Å². The van der Waals surface area contributed by atoms with E-state index < -0.39 is 0 Å². The first-order valence-electron chi connectivity index (χ1n) is 6.69. The SMILES string of the molecule is COc1ccc(Br)cc1CC(O)CC1CCCC1. The predicted octanol–water partition coefficient (Wildman–Crippen LogP) is 3.94. The zero-order valence-corrected chi connectivity index (χ0v) is 12.4. The first kappa shape index (κ1) is 13.9. The van der Waals surface area contributed by atoms with Gasteiger partial charge < -0.3 is 9.84 Å². The molecule has 0 aromatic heterocycles. The van der Waals surface area contributed by atoms with Gasteiger partial charge in [-0.2, -0.15) is 0 Å². The maximum absolute atomic E-state index is 10.2. The van der Waals surface area contributed by atoms with Gasteiger partial charge in [0.15, 0.2) is 0 Å². The van der Waals surface area contributed by atoms with Crippen molar-refractivity contribution in [2.75, 3.05) is 7.11 Å². The summed E-state index contributed by atoms with van der Waals surface area (Å²) >= 11 is 3.47. The standard InChI is InChI=1S/C15H21BrO2/c1-18-15-7-6-13(16)9-12(15)10-14(17)8-11-4-2-3-5-11/h6-7,9,11,14,17H,2-5,8,10H2,1H3. The zero-order chi connectivity index (χ0) is 13.0. The van der Waals surface area contributed by atoms with Crippen molar-refractivity contribution in [3.05, 3.63) is 28.2 Å². The molecular weight excluding hydrogens is 292 g/mol. The first-order valence-corrected chi connectivity index (χ1v) is 7.49. The van der Waals surface area contributed by atoms with Crippen LogP contribution in [-0.2, 0) is 6.42 Å². The van der Waals surface area contributed by atoms with Crippen LogP contribution in [0, 0.1) is 5.92 Å². The molecule has 0 spiro atoms. The molecule has 0 heterocycles. The molecule has 0 amide bonds. The van der Waals surface area contributed by atoms with Gasteiger partial charge in [0.05, 0.1) is 13.2 Å². The molecule has 1 aromatic carbocycles. The van der Waals surface area contributed by atoms with E-state index in [1.807, 2.05) is 18.2 Å². The number of hydrogen-bond donors (Lipinski definition) is 1. The number of methoxy groups -OCH3 is 1. The Balaban J connectivity index is 1.96. The Bertz CT molecular complexity index is 386. The van der Waals surface area contributed by atoms with Gasteiger partial charge in [0.25, 0.3) is 0 Å². The maximum Gasteiger partial charge on any atom is 0.122 e. The van der Waals surface area contributed by atoms with Crippen LogP contribution < -0.4 is 4.74 Å². The van der Waals surface area contributed by atoms with Crippen molar-refractivity contribution in [3.63, 3.8) is 0 Å². The summed E-state index contributed by atoms with van der Waals surface area (Å²) in [6.45, 7) is 0. The van der Waals surface area contributed by atoms with E-state index >= 15 is 0 Å². The van der Waals surface area contributed by atoms with Crippen LogP contribution in [0.5, 0.6) is 5.75 Å². The zero-order valence-electron chi connectivity index (χ0n) is 10.9. The summed E-state index contributed by atoms with van der Waals surface area (Å²) in [6, 6.07) is 5.95. The van der Waals surface area contributed by atoms with Crippen LogP contribution in [-0.4, -0.2) is 18.3 Å². The molecule has 1 fully saturated rings. The van der Waals surface area contributed by atoms with Crippen LogP contribution in [0.3, 0.4) is 0 Å². The van der Waals surface area contributed by atoms with E-state index in [1.54, 1.807) is 7.11 Å². The van der Waals surface area contributed by atoms with Crippen LogP contribution in [0.15, 0.2) is 22.7 Å². The lowest BCUT2D eigenvalue weighted by Crippen LogP contribution is -2.15. The highest BCUT2D eigenvalue weighted by atomic mass is 79.9. The Hall–Kier alpha value is -0.540. The molecule has 0 saturated heterocycles. The summed E-state index contributed by atoms with van der Waals surface area (Å²) in [5.74, 6) is 1.59. The Kier molecular flexibility index (Phi) is 5.07. The number of ether oxygens (including phenoxy) is 1.